The maximum atomic E-state index is 12.3. The second kappa shape index (κ2) is 4.38. The summed E-state index contributed by atoms with van der Waals surface area (Å²) in [5.74, 6) is -0.903. The molecular weight excluding hydrogens is 251 g/mol. The molecule has 7 heteroatoms. The minimum atomic E-state index is -4.48. The van der Waals surface area contributed by atoms with E-state index in [1.54, 1.807) is 13.8 Å². The van der Waals surface area contributed by atoms with E-state index in [2.05, 4.69) is 0 Å². The number of halogens is 3. The molecular formula is C11H16F3NO3. The molecule has 0 aromatic carbocycles. The summed E-state index contributed by atoms with van der Waals surface area (Å²) in [5, 5.41) is 0. The Morgan fingerprint density at radius 2 is 2.06 bits per heavy atom. The van der Waals surface area contributed by atoms with Gasteiger partial charge < -0.3 is 14.4 Å². The standard InChI is InChI=1S/C11H16F3NO3/c1-10(2)6-15(9(16)3-11(12,13)14)7-4-17-5-8(7)18-10/h7-8H,3-6H2,1-2H3/t7-,8-/m1/s1. The molecule has 0 spiro atoms. The van der Waals surface area contributed by atoms with Gasteiger partial charge in [0.25, 0.3) is 0 Å². The quantitative estimate of drug-likeness (QED) is 0.719. The lowest BCUT2D eigenvalue weighted by Gasteiger charge is -2.45. The van der Waals surface area contributed by atoms with E-state index >= 15 is 0 Å². The van der Waals surface area contributed by atoms with Crippen molar-refractivity contribution in [3.63, 3.8) is 0 Å². The summed E-state index contributed by atoms with van der Waals surface area (Å²) in [6, 6.07) is -0.395. The van der Waals surface area contributed by atoms with Crippen molar-refractivity contribution in [2.45, 2.75) is 44.2 Å². The number of amides is 1. The van der Waals surface area contributed by atoms with Crippen molar-refractivity contribution in [3.8, 4) is 0 Å². The second-order valence-corrected chi connectivity index (χ2v) is 5.33. The van der Waals surface area contributed by atoms with E-state index in [1.807, 2.05) is 0 Å². The molecule has 1 amide bonds. The van der Waals surface area contributed by atoms with E-state index in [0.29, 0.717) is 6.61 Å². The van der Waals surface area contributed by atoms with Gasteiger partial charge in [-0.25, -0.2) is 0 Å². The molecule has 2 atom stereocenters. The van der Waals surface area contributed by atoms with E-state index < -0.39 is 30.1 Å². The first-order valence-corrected chi connectivity index (χ1v) is 5.80. The molecule has 0 saturated carbocycles. The van der Waals surface area contributed by atoms with E-state index in [0.717, 1.165) is 0 Å². The number of nitrogens with zero attached hydrogens (tertiary/aromatic N) is 1. The summed E-state index contributed by atoms with van der Waals surface area (Å²) in [4.78, 5) is 13.0. The number of alkyl halides is 3. The van der Waals surface area contributed by atoms with Crippen LogP contribution in [0.4, 0.5) is 13.2 Å². The van der Waals surface area contributed by atoms with Crippen LogP contribution in [0.15, 0.2) is 0 Å². The molecule has 2 aliphatic rings. The van der Waals surface area contributed by atoms with Crippen LogP contribution in [0.2, 0.25) is 0 Å². The van der Waals surface area contributed by atoms with Gasteiger partial charge in [-0.2, -0.15) is 13.2 Å². The zero-order chi connectivity index (χ0) is 13.6. The minimum absolute atomic E-state index is 0.159. The van der Waals surface area contributed by atoms with Crippen molar-refractivity contribution in [3.05, 3.63) is 0 Å². The SMILES string of the molecule is CC1(C)CN(C(=O)CC(F)(F)F)[C@@H]2COC[C@H]2O1. The van der Waals surface area contributed by atoms with Gasteiger partial charge in [-0.3, -0.25) is 4.79 Å². The summed E-state index contributed by atoms with van der Waals surface area (Å²) < 4.78 is 47.8. The molecule has 0 aliphatic carbocycles. The van der Waals surface area contributed by atoms with Crippen molar-refractivity contribution in [1.82, 2.24) is 4.90 Å². The molecule has 0 aromatic rings. The molecule has 2 fully saturated rings. The zero-order valence-corrected chi connectivity index (χ0v) is 10.3. The van der Waals surface area contributed by atoms with E-state index in [-0.39, 0.29) is 19.3 Å². The number of carbonyl (C=O) groups is 1. The molecule has 4 nitrogen and oxygen atoms in total. The van der Waals surface area contributed by atoms with Crippen molar-refractivity contribution < 1.29 is 27.4 Å². The summed E-state index contributed by atoms with van der Waals surface area (Å²) in [6.45, 7) is 4.24. The molecule has 0 bridgehead atoms. The van der Waals surface area contributed by atoms with Crippen molar-refractivity contribution in [2.24, 2.45) is 0 Å². The lowest BCUT2D eigenvalue weighted by molar-refractivity contribution is -0.184. The first-order valence-electron chi connectivity index (χ1n) is 5.80. The monoisotopic (exact) mass is 267 g/mol. The highest BCUT2D eigenvalue weighted by Crippen LogP contribution is 2.31. The van der Waals surface area contributed by atoms with Crippen LogP contribution >= 0.6 is 0 Å². The predicted molar refractivity (Wildman–Crippen MR) is 55.9 cm³/mol. The molecule has 18 heavy (non-hydrogen) atoms. The van der Waals surface area contributed by atoms with Gasteiger partial charge in [0.2, 0.25) is 5.91 Å². The Hall–Kier alpha value is -0.820. The van der Waals surface area contributed by atoms with Gasteiger partial charge in [-0.05, 0) is 13.8 Å². The Balaban J connectivity index is 2.12. The Morgan fingerprint density at radius 1 is 1.39 bits per heavy atom. The van der Waals surface area contributed by atoms with Gasteiger partial charge >= 0.3 is 6.18 Å². The Bertz CT molecular complexity index is 343. The number of hydrogen-bond acceptors (Lipinski definition) is 3. The average molecular weight is 267 g/mol. The molecule has 0 N–H and O–H groups in total. The fourth-order valence-electron chi connectivity index (χ4n) is 2.45. The third-order valence-electron chi connectivity index (χ3n) is 3.09. The fraction of sp³-hybridized carbons (Fsp3) is 0.909. The normalized spacial score (nSPS) is 31.3. The van der Waals surface area contributed by atoms with Gasteiger partial charge in [0.05, 0.1) is 24.9 Å². The lowest BCUT2D eigenvalue weighted by atomic mass is 10.0. The van der Waals surface area contributed by atoms with Crippen LogP contribution in [0.5, 0.6) is 0 Å². The van der Waals surface area contributed by atoms with Crippen molar-refractivity contribution in [2.75, 3.05) is 19.8 Å². The van der Waals surface area contributed by atoms with Crippen LogP contribution in [0.25, 0.3) is 0 Å². The number of hydrogen-bond donors (Lipinski definition) is 0. The third kappa shape index (κ3) is 2.95. The predicted octanol–water partition coefficient (Wildman–Crippen LogP) is 1.34. The topological polar surface area (TPSA) is 38.8 Å². The number of rotatable bonds is 1. The fourth-order valence-corrected chi connectivity index (χ4v) is 2.45. The lowest BCUT2D eigenvalue weighted by Crippen LogP contribution is -2.60. The molecule has 0 radical (unpaired) electrons. The minimum Gasteiger partial charge on any atom is -0.376 e. The van der Waals surface area contributed by atoms with Crippen LogP contribution in [0.3, 0.4) is 0 Å². The molecule has 0 aromatic heterocycles. The molecule has 2 aliphatic heterocycles. The summed E-state index contributed by atoms with van der Waals surface area (Å²) >= 11 is 0. The highest BCUT2D eigenvalue weighted by molar-refractivity contribution is 5.77. The molecule has 2 saturated heterocycles. The summed E-state index contributed by atoms with van der Waals surface area (Å²) in [6.07, 6.45) is -6.23. The highest BCUT2D eigenvalue weighted by Gasteiger charge is 2.47. The van der Waals surface area contributed by atoms with E-state index in [1.165, 1.54) is 4.90 Å². The molecule has 104 valence electrons. The van der Waals surface area contributed by atoms with Gasteiger partial charge in [-0.1, -0.05) is 0 Å². The number of ether oxygens (including phenoxy) is 2. The molecule has 2 rings (SSSR count). The van der Waals surface area contributed by atoms with Crippen LogP contribution < -0.4 is 0 Å². The van der Waals surface area contributed by atoms with Crippen LogP contribution in [0, 0.1) is 0 Å². The van der Waals surface area contributed by atoms with E-state index in [4.69, 9.17) is 9.47 Å². The van der Waals surface area contributed by atoms with Gasteiger partial charge in [0.15, 0.2) is 0 Å². The second-order valence-electron chi connectivity index (χ2n) is 5.33. The maximum Gasteiger partial charge on any atom is 0.397 e. The van der Waals surface area contributed by atoms with Crippen LogP contribution in [0.1, 0.15) is 20.3 Å². The Kier molecular flexibility index (Phi) is 3.31. The van der Waals surface area contributed by atoms with E-state index in [9.17, 15) is 18.0 Å². The zero-order valence-electron chi connectivity index (χ0n) is 10.3. The summed E-state index contributed by atoms with van der Waals surface area (Å²) in [7, 11) is 0. The van der Waals surface area contributed by atoms with Gasteiger partial charge in [-0.15, -0.1) is 0 Å². The Labute approximate surface area is 103 Å². The van der Waals surface area contributed by atoms with Gasteiger partial charge in [0, 0.05) is 6.54 Å². The molecule has 2 heterocycles. The number of morpholine rings is 1. The average Bonchev–Trinajstić information content (AvgIpc) is 2.59. The number of carbonyl (C=O) groups excluding carboxylic acids is 1. The third-order valence-corrected chi connectivity index (χ3v) is 3.09. The maximum absolute atomic E-state index is 12.3. The first-order chi connectivity index (χ1) is 8.18. The smallest absolute Gasteiger partial charge is 0.376 e. The Morgan fingerprint density at radius 3 is 2.67 bits per heavy atom. The number of fused-ring (bicyclic) bond motifs is 1. The summed E-state index contributed by atoms with van der Waals surface area (Å²) in [5.41, 5.74) is -0.643. The van der Waals surface area contributed by atoms with Crippen molar-refractivity contribution >= 4 is 5.91 Å². The van der Waals surface area contributed by atoms with Gasteiger partial charge in [0.1, 0.15) is 12.5 Å². The largest absolute Gasteiger partial charge is 0.397 e. The van der Waals surface area contributed by atoms with Crippen molar-refractivity contribution in [1.29, 1.82) is 0 Å². The first kappa shape index (κ1) is 13.6. The van der Waals surface area contributed by atoms with Crippen LogP contribution in [-0.2, 0) is 14.3 Å². The molecule has 0 unspecified atom stereocenters. The van der Waals surface area contributed by atoms with Crippen LogP contribution in [-0.4, -0.2) is 54.5 Å². The highest BCUT2D eigenvalue weighted by atomic mass is 19.4.